The van der Waals surface area contributed by atoms with E-state index in [2.05, 4.69) is 95.0 Å². The molecule has 2 heterocycles. The number of aromatic nitrogens is 3. The van der Waals surface area contributed by atoms with Gasteiger partial charge in [0.15, 0.2) is 0 Å². The number of rotatable bonds is 17. The summed E-state index contributed by atoms with van der Waals surface area (Å²) in [4.78, 5) is 27.8. The number of carbonyl (C=O) groups excluding carboxylic acids is 1. The van der Waals surface area contributed by atoms with Crippen molar-refractivity contribution in [3.63, 3.8) is 0 Å². The summed E-state index contributed by atoms with van der Waals surface area (Å²) in [6.45, 7) is 11.2. The van der Waals surface area contributed by atoms with E-state index in [0.29, 0.717) is 19.8 Å². The predicted molar refractivity (Wildman–Crippen MR) is 215 cm³/mol. The number of pyridine rings is 1. The lowest BCUT2D eigenvalue weighted by Gasteiger charge is -2.40. The minimum Gasteiger partial charge on any atom is -0.445 e. The van der Waals surface area contributed by atoms with E-state index in [0.717, 1.165) is 85.1 Å². The van der Waals surface area contributed by atoms with Crippen LogP contribution in [0.25, 0.3) is 11.0 Å². The quantitative estimate of drug-likeness (QED) is 0.0757. The van der Waals surface area contributed by atoms with Crippen molar-refractivity contribution in [2.75, 3.05) is 13.7 Å². The van der Waals surface area contributed by atoms with E-state index in [1.807, 2.05) is 59.6 Å². The molecule has 9 nitrogen and oxygen atoms in total. The summed E-state index contributed by atoms with van der Waals surface area (Å²) >= 11 is 0. The zero-order valence-electron chi connectivity index (χ0n) is 31.9. The van der Waals surface area contributed by atoms with Crippen LogP contribution in [0.3, 0.4) is 0 Å². The maximum Gasteiger partial charge on any atom is 0.410 e. The molecule has 0 aliphatic heterocycles. The van der Waals surface area contributed by atoms with Crippen molar-refractivity contribution in [2.24, 2.45) is 0 Å². The topological polar surface area (TPSA) is 84.8 Å². The first-order valence-electron chi connectivity index (χ1n) is 19.1. The third-order valence-corrected chi connectivity index (χ3v) is 11.7. The highest BCUT2D eigenvalue weighted by Gasteiger charge is 2.34. The first kappa shape index (κ1) is 38.4. The van der Waals surface area contributed by atoms with Crippen molar-refractivity contribution in [2.45, 2.75) is 103 Å². The monoisotopic (exact) mass is 732 g/mol. The summed E-state index contributed by atoms with van der Waals surface area (Å²) in [5.74, 6) is 0.949. The molecule has 3 aromatic carbocycles. The summed E-state index contributed by atoms with van der Waals surface area (Å²) in [5.41, 5.74) is 6.37. The van der Waals surface area contributed by atoms with E-state index >= 15 is 0 Å². The van der Waals surface area contributed by atoms with Gasteiger partial charge in [-0.3, -0.25) is 14.8 Å². The Bertz CT molecular complexity index is 1860. The molecule has 0 spiro atoms. The van der Waals surface area contributed by atoms with Gasteiger partial charge in [-0.15, -0.1) is 0 Å². The molecule has 1 aliphatic carbocycles. The fourth-order valence-electron chi connectivity index (χ4n) is 7.09. The van der Waals surface area contributed by atoms with Gasteiger partial charge in [-0.2, -0.15) is 0 Å². The Hall–Kier alpha value is -4.35. The fraction of sp³-hybridized carbons (Fsp3) is 0.419. The Morgan fingerprint density at radius 1 is 0.849 bits per heavy atom. The highest BCUT2D eigenvalue weighted by Crippen LogP contribution is 2.27. The van der Waals surface area contributed by atoms with Gasteiger partial charge in [-0.05, 0) is 66.9 Å². The van der Waals surface area contributed by atoms with Crippen LogP contribution in [0.1, 0.15) is 53.9 Å². The molecule has 0 bridgehead atoms. The first-order valence-corrected chi connectivity index (χ1v) is 22.8. The van der Waals surface area contributed by atoms with Gasteiger partial charge in [0, 0.05) is 46.6 Å². The molecule has 6 rings (SSSR count). The molecule has 53 heavy (non-hydrogen) atoms. The largest absolute Gasteiger partial charge is 0.445 e. The van der Waals surface area contributed by atoms with Gasteiger partial charge in [0.05, 0.1) is 29.3 Å². The normalized spacial score (nSPS) is 16.2. The van der Waals surface area contributed by atoms with E-state index in [1.165, 1.54) is 5.56 Å². The van der Waals surface area contributed by atoms with Gasteiger partial charge < -0.3 is 19.4 Å². The number of hydrogen-bond acceptors (Lipinski definition) is 7. The number of nitrogens with one attached hydrogen (secondary N) is 1. The molecule has 280 valence electrons. The summed E-state index contributed by atoms with van der Waals surface area (Å²) in [5, 5.41) is 3.86. The summed E-state index contributed by atoms with van der Waals surface area (Å²) in [6.07, 6.45) is 5.61. The molecule has 1 saturated carbocycles. The molecule has 0 saturated heterocycles. The molecule has 10 heteroatoms. The summed E-state index contributed by atoms with van der Waals surface area (Å²) < 4.78 is 14.4. The van der Waals surface area contributed by atoms with Crippen LogP contribution >= 0.6 is 0 Å². The van der Waals surface area contributed by atoms with Crippen LogP contribution in [0.15, 0.2) is 103 Å². The van der Waals surface area contributed by atoms with E-state index in [4.69, 9.17) is 14.5 Å². The van der Waals surface area contributed by atoms with E-state index < -0.39 is 8.07 Å². The Kier molecular flexibility index (Phi) is 13.5. The lowest BCUT2D eigenvalue weighted by atomic mass is 9.89. The van der Waals surface area contributed by atoms with Crippen LogP contribution in [-0.4, -0.2) is 64.2 Å². The Morgan fingerprint density at radius 2 is 1.57 bits per heavy atom. The molecule has 0 radical (unpaired) electrons. The predicted octanol–water partition coefficient (Wildman–Crippen LogP) is 8.62. The molecular weight excluding hydrogens is 677 g/mol. The van der Waals surface area contributed by atoms with E-state index in [9.17, 15) is 4.79 Å². The van der Waals surface area contributed by atoms with Crippen molar-refractivity contribution in [1.82, 2.24) is 29.7 Å². The second-order valence-corrected chi connectivity index (χ2v) is 21.2. The maximum absolute atomic E-state index is 14.0. The van der Waals surface area contributed by atoms with Gasteiger partial charge in [0.25, 0.3) is 0 Å². The van der Waals surface area contributed by atoms with Gasteiger partial charge in [-0.25, -0.2) is 9.78 Å². The zero-order chi connectivity index (χ0) is 37.0. The molecule has 1 amide bonds. The molecule has 0 unspecified atom stereocenters. The third-order valence-electron chi connectivity index (χ3n) is 10.0. The number of hydrogen-bond donors (Lipinski definition) is 1. The number of amides is 1. The number of ether oxygens (including phenoxy) is 2. The average Bonchev–Trinajstić information content (AvgIpc) is 3.52. The van der Waals surface area contributed by atoms with Gasteiger partial charge in [-0.1, -0.05) is 105 Å². The van der Waals surface area contributed by atoms with Crippen molar-refractivity contribution in [1.29, 1.82) is 0 Å². The Morgan fingerprint density at radius 3 is 2.32 bits per heavy atom. The highest BCUT2D eigenvalue weighted by molar-refractivity contribution is 6.76. The third kappa shape index (κ3) is 11.3. The van der Waals surface area contributed by atoms with E-state index in [1.54, 1.807) is 0 Å². The second-order valence-electron chi connectivity index (χ2n) is 15.6. The minimum absolute atomic E-state index is 0.0259. The van der Waals surface area contributed by atoms with Crippen LogP contribution in [0.4, 0.5) is 4.79 Å². The molecule has 5 aromatic rings. The van der Waals surface area contributed by atoms with Crippen molar-refractivity contribution in [3.05, 3.63) is 131 Å². The standard InChI is InChI=1S/C43H56N6O3Si/c1-47(31-37-16-12-13-25-44-37)29-34-21-23-35(24-22-34)30-48(43(50)52-32-36-14-6-5-7-15-36)40-19-10-8-17-38(40)45-28-42-46-39-18-9-11-20-41(39)49(42)33-51-26-27-53(2,3)4/h5-7,9,11-16,18,20-25,38,40,45H,8,10,17,19,26-33H2,1-4H3/t38-,40+/m0/s1. The van der Waals surface area contributed by atoms with Crippen molar-refractivity contribution < 1.29 is 14.3 Å². The number of imidazole rings is 1. The highest BCUT2D eigenvalue weighted by atomic mass is 28.3. The zero-order valence-corrected chi connectivity index (χ0v) is 32.9. The summed E-state index contributed by atoms with van der Waals surface area (Å²) in [6, 6.07) is 34.0. The van der Waals surface area contributed by atoms with Gasteiger partial charge in [0.2, 0.25) is 0 Å². The Balaban J connectivity index is 1.16. The molecule has 2 aromatic heterocycles. The SMILES string of the molecule is CN(Cc1ccc(CN(C(=O)OCc2ccccc2)[C@@H]2CCCC[C@@H]2NCc2nc3ccccc3n2COCC[Si](C)(C)C)cc1)Cc1ccccn1. The molecule has 1 fully saturated rings. The summed E-state index contributed by atoms with van der Waals surface area (Å²) in [7, 11) is 0.913. The lowest BCUT2D eigenvalue weighted by molar-refractivity contribution is 0.0574. The molecule has 1 aliphatic rings. The molecule has 2 atom stereocenters. The average molecular weight is 733 g/mol. The van der Waals surface area contributed by atoms with Crippen LogP contribution in [0.2, 0.25) is 25.7 Å². The second kappa shape index (κ2) is 18.6. The van der Waals surface area contributed by atoms with Crippen LogP contribution < -0.4 is 5.32 Å². The number of nitrogens with zero attached hydrogens (tertiary/aromatic N) is 5. The van der Waals surface area contributed by atoms with Crippen molar-refractivity contribution >= 4 is 25.2 Å². The number of para-hydroxylation sites is 2. The smallest absolute Gasteiger partial charge is 0.410 e. The lowest BCUT2D eigenvalue weighted by Crippen LogP contribution is -2.53. The number of carbonyl (C=O) groups is 1. The Labute approximate surface area is 316 Å². The van der Waals surface area contributed by atoms with Crippen molar-refractivity contribution in [3.8, 4) is 0 Å². The minimum atomic E-state index is -1.20. The van der Waals surface area contributed by atoms with Crippen LogP contribution in [-0.2, 0) is 49.0 Å². The first-order chi connectivity index (χ1) is 25.7. The number of fused-ring (bicyclic) bond motifs is 1. The maximum atomic E-state index is 14.0. The van der Waals surface area contributed by atoms with Gasteiger partial charge in [0.1, 0.15) is 19.2 Å². The van der Waals surface area contributed by atoms with E-state index in [-0.39, 0.29) is 24.8 Å². The van der Waals surface area contributed by atoms with Gasteiger partial charge >= 0.3 is 6.09 Å². The van der Waals surface area contributed by atoms with Crippen LogP contribution in [0, 0.1) is 0 Å². The van der Waals surface area contributed by atoms with Crippen LogP contribution in [0.5, 0.6) is 0 Å². The molecular formula is C43H56N6O3Si. The fourth-order valence-corrected chi connectivity index (χ4v) is 7.84. The molecule has 1 N–H and O–H groups in total. The number of benzene rings is 3.